The molecule has 248 valence electrons. The molecular weight excluding hydrogens is 620 g/mol. The molecule has 1 aromatic carbocycles. The van der Waals surface area contributed by atoms with Crippen molar-refractivity contribution >= 4 is 35.0 Å². The minimum absolute atomic E-state index is 0.0318. The van der Waals surface area contributed by atoms with E-state index in [2.05, 4.69) is 31.0 Å². The maximum absolute atomic E-state index is 13.9. The number of fused-ring (bicyclic) bond motifs is 4. The van der Waals surface area contributed by atoms with Crippen molar-refractivity contribution in [3.05, 3.63) is 87.3 Å². The summed E-state index contributed by atoms with van der Waals surface area (Å²) in [5, 5.41) is 15.4. The van der Waals surface area contributed by atoms with Crippen LogP contribution in [0.4, 0.5) is 0 Å². The van der Waals surface area contributed by atoms with E-state index in [0.717, 1.165) is 5.56 Å². The summed E-state index contributed by atoms with van der Waals surface area (Å²) in [4.78, 5) is 64.5. The van der Waals surface area contributed by atoms with Crippen molar-refractivity contribution in [2.45, 2.75) is 66.2 Å². The zero-order chi connectivity index (χ0) is 33.8. The smallest absolute Gasteiger partial charge is 0.273 e. The van der Waals surface area contributed by atoms with E-state index in [-0.39, 0.29) is 48.0 Å². The summed E-state index contributed by atoms with van der Waals surface area (Å²) >= 11 is 1.27. The molecule has 0 spiro atoms. The zero-order valence-electron chi connectivity index (χ0n) is 27.3. The Balaban J connectivity index is 1.47. The first-order valence-corrected chi connectivity index (χ1v) is 16.5. The van der Waals surface area contributed by atoms with Crippen LogP contribution >= 0.6 is 11.3 Å². The number of aromatic nitrogens is 4. The van der Waals surface area contributed by atoms with E-state index >= 15 is 0 Å². The topological polar surface area (TPSA) is 164 Å². The standard InChI is InChI=1S/C33H40N8O5S/c1-18(2)26-31-39-28(21(6)46-31)30(44)35-20(5)13-40(33(45)23-12-34-41(15-23)14-22-10-8-7-9-11-22)16-25(42)37-27(19(3)4)32-36-24(17-47-32)29(43)38-26/h7-12,15,17-20,26-27H,13-14,16H2,1-6H3,(H,35,44)(H,37,42)(H,38,43)/t20-,26-,27+/m1/s1. The number of thiazole rings is 1. The molecule has 13 nitrogen and oxygen atoms in total. The van der Waals surface area contributed by atoms with Crippen LogP contribution in [0, 0.1) is 18.8 Å². The summed E-state index contributed by atoms with van der Waals surface area (Å²) in [5.41, 5.74) is 1.59. The first-order valence-electron chi connectivity index (χ1n) is 15.6. The fourth-order valence-electron chi connectivity index (χ4n) is 5.33. The molecule has 1 aliphatic heterocycles. The Bertz CT molecular complexity index is 1740. The maximum Gasteiger partial charge on any atom is 0.273 e. The van der Waals surface area contributed by atoms with E-state index in [1.54, 1.807) is 30.1 Å². The molecule has 14 heteroatoms. The molecule has 0 saturated heterocycles. The van der Waals surface area contributed by atoms with E-state index in [9.17, 15) is 19.2 Å². The van der Waals surface area contributed by atoms with Gasteiger partial charge < -0.3 is 25.3 Å². The van der Waals surface area contributed by atoms with Gasteiger partial charge in [0.1, 0.15) is 22.5 Å². The summed E-state index contributed by atoms with van der Waals surface area (Å²) in [6.07, 6.45) is 3.12. The van der Waals surface area contributed by atoms with Gasteiger partial charge in [-0.05, 0) is 31.2 Å². The number of nitrogens with one attached hydrogen (secondary N) is 3. The van der Waals surface area contributed by atoms with Gasteiger partial charge in [-0.1, -0.05) is 58.0 Å². The van der Waals surface area contributed by atoms with Crippen LogP contribution in [-0.4, -0.2) is 67.4 Å². The number of oxazole rings is 1. The summed E-state index contributed by atoms with van der Waals surface area (Å²) in [7, 11) is 0. The van der Waals surface area contributed by atoms with Crippen molar-refractivity contribution in [3.63, 3.8) is 0 Å². The average Bonchev–Trinajstić information content (AvgIpc) is 3.78. The van der Waals surface area contributed by atoms with E-state index in [1.807, 2.05) is 58.0 Å². The van der Waals surface area contributed by atoms with E-state index in [1.165, 1.54) is 22.4 Å². The summed E-state index contributed by atoms with van der Waals surface area (Å²) in [5.74, 6) is -1.45. The van der Waals surface area contributed by atoms with Gasteiger partial charge in [-0.15, -0.1) is 11.3 Å². The Morgan fingerprint density at radius 1 is 1.00 bits per heavy atom. The molecule has 0 unspecified atom stereocenters. The van der Waals surface area contributed by atoms with Crippen molar-refractivity contribution in [2.75, 3.05) is 13.1 Å². The highest BCUT2D eigenvalue weighted by Crippen LogP contribution is 2.27. The van der Waals surface area contributed by atoms with Crippen molar-refractivity contribution < 1.29 is 23.6 Å². The van der Waals surface area contributed by atoms with Crippen LogP contribution in [0.5, 0.6) is 0 Å². The maximum atomic E-state index is 13.9. The summed E-state index contributed by atoms with van der Waals surface area (Å²) < 4.78 is 7.55. The normalized spacial score (nSPS) is 19.6. The number of hydrogen-bond donors (Lipinski definition) is 3. The van der Waals surface area contributed by atoms with Crippen molar-refractivity contribution in [1.82, 2.24) is 40.6 Å². The molecule has 3 atom stereocenters. The van der Waals surface area contributed by atoms with Gasteiger partial charge in [-0.2, -0.15) is 5.10 Å². The van der Waals surface area contributed by atoms with Crippen LogP contribution in [0.1, 0.15) is 100 Å². The van der Waals surface area contributed by atoms with Crippen molar-refractivity contribution in [1.29, 1.82) is 0 Å². The van der Waals surface area contributed by atoms with E-state index in [0.29, 0.717) is 17.1 Å². The zero-order valence-corrected chi connectivity index (χ0v) is 28.1. The van der Waals surface area contributed by atoms with Crippen LogP contribution in [-0.2, 0) is 11.3 Å². The molecular formula is C33H40N8O5S. The van der Waals surface area contributed by atoms with Crippen LogP contribution in [0.2, 0.25) is 0 Å². The molecule has 5 rings (SSSR count). The Hall–Kier alpha value is -4.85. The molecule has 1 aliphatic rings. The largest absolute Gasteiger partial charge is 0.443 e. The molecule has 4 bridgehead atoms. The lowest BCUT2D eigenvalue weighted by Crippen LogP contribution is -2.48. The third-order valence-corrected chi connectivity index (χ3v) is 8.74. The molecule has 3 N–H and O–H groups in total. The first kappa shape index (κ1) is 33.5. The molecule has 0 saturated carbocycles. The predicted octanol–water partition coefficient (Wildman–Crippen LogP) is 3.90. The summed E-state index contributed by atoms with van der Waals surface area (Å²) in [6.45, 7) is 11.3. The third-order valence-electron chi connectivity index (χ3n) is 7.81. The number of amides is 4. The number of carbonyl (C=O) groups excluding carboxylic acids is 4. The van der Waals surface area contributed by atoms with Gasteiger partial charge in [0.2, 0.25) is 11.8 Å². The molecule has 0 radical (unpaired) electrons. The quantitative estimate of drug-likeness (QED) is 0.290. The number of rotatable bonds is 5. The molecule has 3 aromatic heterocycles. The van der Waals surface area contributed by atoms with Crippen LogP contribution < -0.4 is 16.0 Å². The Labute approximate surface area is 277 Å². The van der Waals surface area contributed by atoms with Crippen molar-refractivity contribution in [2.24, 2.45) is 11.8 Å². The molecule has 4 aromatic rings. The molecule has 4 heterocycles. The molecule has 4 amide bonds. The fraction of sp³-hybridized carbons (Fsp3) is 0.424. The third kappa shape index (κ3) is 7.94. The second kappa shape index (κ2) is 14.3. The van der Waals surface area contributed by atoms with Crippen molar-refractivity contribution in [3.8, 4) is 0 Å². The first-order chi connectivity index (χ1) is 22.4. The second-order valence-electron chi connectivity index (χ2n) is 12.5. The highest BCUT2D eigenvalue weighted by Gasteiger charge is 2.31. The number of benzene rings is 1. The van der Waals surface area contributed by atoms with Gasteiger partial charge in [-0.3, -0.25) is 23.9 Å². The number of aryl methyl sites for hydroxylation is 1. The molecule has 47 heavy (non-hydrogen) atoms. The lowest BCUT2D eigenvalue weighted by atomic mass is 10.0. The van der Waals surface area contributed by atoms with Gasteiger partial charge >= 0.3 is 0 Å². The monoisotopic (exact) mass is 660 g/mol. The van der Waals surface area contributed by atoms with E-state index < -0.39 is 41.8 Å². The minimum Gasteiger partial charge on any atom is -0.443 e. The minimum atomic E-state index is -0.624. The number of nitrogens with zero attached hydrogens (tertiary/aromatic N) is 5. The van der Waals surface area contributed by atoms with Gasteiger partial charge in [-0.25, -0.2) is 9.97 Å². The Morgan fingerprint density at radius 3 is 2.43 bits per heavy atom. The van der Waals surface area contributed by atoms with Gasteiger partial charge in [0.25, 0.3) is 17.7 Å². The molecule has 0 aliphatic carbocycles. The highest BCUT2D eigenvalue weighted by atomic mass is 32.1. The highest BCUT2D eigenvalue weighted by molar-refractivity contribution is 7.09. The van der Waals surface area contributed by atoms with E-state index in [4.69, 9.17) is 4.42 Å². The Morgan fingerprint density at radius 2 is 1.72 bits per heavy atom. The lowest BCUT2D eigenvalue weighted by Gasteiger charge is -2.27. The van der Waals surface area contributed by atoms with Crippen LogP contribution in [0.3, 0.4) is 0 Å². The van der Waals surface area contributed by atoms with Gasteiger partial charge in [0.05, 0.1) is 30.9 Å². The number of hydrogen-bond acceptors (Lipinski definition) is 9. The predicted molar refractivity (Wildman–Crippen MR) is 175 cm³/mol. The van der Waals surface area contributed by atoms with Crippen LogP contribution in [0.15, 0.2) is 52.5 Å². The van der Waals surface area contributed by atoms with Gasteiger partial charge in [0, 0.05) is 24.2 Å². The Kier molecular flexibility index (Phi) is 10.2. The number of carbonyl (C=O) groups is 4. The van der Waals surface area contributed by atoms with Crippen LogP contribution in [0.25, 0.3) is 0 Å². The average molecular weight is 661 g/mol. The fourth-order valence-corrected chi connectivity index (χ4v) is 6.35. The molecule has 0 fully saturated rings. The van der Waals surface area contributed by atoms with Gasteiger partial charge in [0.15, 0.2) is 5.69 Å². The SMILES string of the molecule is Cc1oc2nc1C(=O)N[C@H](C)CN(C(=O)c1cnn(Cc3ccccc3)c1)CC(=O)N[C@@H](C(C)C)c1nc(cs1)C(=O)N[C@@H]2C(C)C. The lowest BCUT2D eigenvalue weighted by molar-refractivity contribution is -0.122. The second-order valence-corrected chi connectivity index (χ2v) is 13.4. The summed E-state index contributed by atoms with van der Waals surface area (Å²) in [6, 6.07) is 8.04.